The van der Waals surface area contributed by atoms with Gasteiger partial charge in [0.25, 0.3) is 0 Å². The van der Waals surface area contributed by atoms with Crippen LogP contribution in [0.2, 0.25) is 0 Å². The molecule has 0 bridgehead atoms. The largest absolute Gasteiger partial charge is 0.355 e. The minimum atomic E-state index is -0.154. The molecule has 0 spiro atoms. The number of hydrogen-bond donors (Lipinski definition) is 2. The van der Waals surface area contributed by atoms with Gasteiger partial charge < -0.3 is 10.6 Å². The van der Waals surface area contributed by atoms with Crippen LogP contribution in [0.3, 0.4) is 0 Å². The van der Waals surface area contributed by atoms with Gasteiger partial charge in [-0.1, -0.05) is 47.7 Å². The summed E-state index contributed by atoms with van der Waals surface area (Å²) in [6.07, 6.45) is 0.535. The van der Waals surface area contributed by atoms with Crippen molar-refractivity contribution in [1.29, 1.82) is 0 Å². The average Bonchev–Trinajstić information content (AvgIpc) is 2.98. The fraction of sp³-hybridized carbons (Fsp3) is 0.250. The zero-order valence-electron chi connectivity index (χ0n) is 14.8. The summed E-state index contributed by atoms with van der Waals surface area (Å²) in [5.74, 6) is -0.242. The number of aromatic nitrogens is 1. The highest BCUT2D eigenvalue weighted by molar-refractivity contribution is 7.22. The quantitative estimate of drug-likeness (QED) is 0.699. The second-order valence-electron chi connectivity index (χ2n) is 6.26. The summed E-state index contributed by atoms with van der Waals surface area (Å²) < 4.78 is 1.06. The van der Waals surface area contributed by atoms with Crippen molar-refractivity contribution in [1.82, 2.24) is 10.3 Å². The number of amides is 2. The predicted octanol–water partition coefficient (Wildman–Crippen LogP) is 3.60. The van der Waals surface area contributed by atoms with Crippen LogP contribution in [0, 0.1) is 13.8 Å². The highest BCUT2D eigenvalue weighted by Crippen LogP contribution is 2.29. The molecule has 0 saturated heterocycles. The zero-order chi connectivity index (χ0) is 18.5. The Morgan fingerprint density at radius 2 is 1.85 bits per heavy atom. The molecule has 0 radical (unpaired) electrons. The number of thiazole rings is 1. The zero-order valence-corrected chi connectivity index (χ0v) is 15.7. The summed E-state index contributed by atoms with van der Waals surface area (Å²) in [5.41, 5.74) is 4.16. The molecule has 0 unspecified atom stereocenters. The first-order valence-corrected chi connectivity index (χ1v) is 9.31. The summed E-state index contributed by atoms with van der Waals surface area (Å²) >= 11 is 1.47. The number of carbonyl (C=O) groups is 2. The number of aryl methyl sites for hydroxylation is 2. The van der Waals surface area contributed by atoms with Gasteiger partial charge in [0.05, 0.1) is 16.6 Å². The topological polar surface area (TPSA) is 71.1 Å². The van der Waals surface area contributed by atoms with Gasteiger partial charge in [-0.3, -0.25) is 9.59 Å². The minimum absolute atomic E-state index is 0.0879. The van der Waals surface area contributed by atoms with E-state index in [-0.39, 0.29) is 18.2 Å². The van der Waals surface area contributed by atoms with E-state index in [2.05, 4.69) is 27.8 Å². The molecule has 0 aliphatic heterocycles. The molecule has 0 aliphatic rings. The molecule has 3 rings (SSSR count). The lowest BCUT2D eigenvalue weighted by Crippen LogP contribution is -2.28. The van der Waals surface area contributed by atoms with Crippen LogP contribution in [0.4, 0.5) is 5.13 Å². The third-order valence-corrected chi connectivity index (χ3v) is 4.88. The highest BCUT2D eigenvalue weighted by atomic mass is 32.1. The maximum atomic E-state index is 12.1. The van der Waals surface area contributed by atoms with Crippen molar-refractivity contribution >= 4 is 38.5 Å². The van der Waals surface area contributed by atoms with E-state index in [1.165, 1.54) is 16.9 Å². The maximum absolute atomic E-state index is 12.1. The second-order valence-corrected chi connectivity index (χ2v) is 7.29. The summed E-state index contributed by atoms with van der Waals surface area (Å²) in [7, 11) is 0. The Morgan fingerprint density at radius 3 is 2.62 bits per heavy atom. The third kappa shape index (κ3) is 4.67. The van der Waals surface area contributed by atoms with E-state index in [4.69, 9.17) is 0 Å². The van der Waals surface area contributed by atoms with Crippen molar-refractivity contribution in [3.63, 3.8) is 0 Å². The van der Waals surface area contributed by atoms with Crippen LogP contribution < -0.4 is 10.6 Å². The number of fused-ring (bicyclic) bond motifs is 1. The number of nitrogens with zero attached hydrogens (tertiary/aromatic N) is 1. The Balaban J connectivity index is 1.48. The molecule has 2 amide bonds. The van der Waals surface area contributed by atoms with Gasteiger partial charge in [0.2, 0.25) is 11.8 Å². The molecular formula is C20H21N3O2S. The van der Waals surface area contributed by atoms with Crippen LogP contribution in [0.5, 0.6) is 0 Å². The summed E-state index contributed by atoms with van der Waals surface area (Å²) in [4.78, 5) is 28.5. The Hall–Kier alpha value is -2.73. The Morgan fingerprint density at radius 1 is 1.08 bits per heavy atom. The fourth-order valence-electron chi connectivity index (χ4n) is 2.77. The summed E-state index contributed by atoms with van der Waals surface area (Å²) in [6.45, 7) is 4.37. The molecule has 5 nitrogen and oxygen atoms in total. The Kier molecular flexibility index (Phi) is 5.63. The first kappa shape index (κ1) is 18.1. The van der Waals surface area contributed by atoms with Gasteiger partial charge in [-0.25, -0.2) is 4.98 Å². The van der Waals surface area contributed by atoms with Gasteiger partial charge in [0.15, 0.2) is 5.13 Å². The standard InChI is InChI=1S/C20H21N3O2S/c1-13-10-14(2)19-16(11-13)26-20(23-19)22-17(24)8-9-21-18(25)12-15-6-4-3-5-7-15/h3-7,10-11H,8-9,12H2,1-2H3,(H,21,25)(H,22,23,24). The fourth-order valence-corrected chi connectivity index (χ4v) is 3.82. The van der Waals surface area contributed by atoms with Gasteiger partial charge >= 0.3 is 0 Å². The van der Waals surface area contributed by atoms with Gasteiger partial charge in [0.1, 0.15) is 0 Å². The lowest BCUT2D eigenvalue weighted by Gasteiger charge is -2.05. The third-order valence-electron chi connectivity index (χ3n) is 3.96. The Labute approximate surface area is 156 Å². The molecule has 0 atom stereocenters. The minimum Gasteiger partial charge on any atom is -0.355 e. The molecule has 1 aromatic heterocycles. The number of nitrogens with one attached hydrogen (secondary N) is 2. The van der Waals surface area contributed by atoms with Crippen LogP contribution in [0.25, 0.3) is 10.2 Å². The average molecular weight is 367 g/mol. The SMILES string of the molecule is Cc1cc(C)c2nc(NC(=O)CCNC(=O)Cc3ccccc3)sc2c1. The van der Waals surface area contributed by atoms with Crippen molar-refractivity contribution in [3.05, 3.63) is 59.2 Å². The van der Waals surface area contributed by atoms with Crippen molar-refractivity contribution in [2.75, 3.05) is 11.9 Å². The van der Waals surface area contributed by atoms with E-state index in [0.717, 1.165) is 21.3 Å². The van der Waals surface area contributed by atoms with Crippen LogP contribution in [0.1, 0.15) is 23.1 Å². The molecule has 26 heavy (non-hydrogen) atoms. The van der Waals surface area contributed by atoms with Crippen LogP contribution in [0.15, 0.2) is 42.5 Å². The van der Waals surface area contributed by atoms with Crippen molar-refractivity contribution < 1.29 is 9.59 Å². The summed E-state index contributed by atoms with van der Waals surface area (Å²) in [6, 6.07) is 13.7. The Bertz CT molecular complexity index is 935. The second kappa shape index (κ2) is 8.10. The first-order valence-electron chi connectivity index (χ1n) is 8.49. The number of hydrogen-bond acceptors (Lipinski definition) is 4. The van der Waals surface area contributed by atoms with E-state index in [0.29, 0.717) is 18.1 Å². The highest BCUT2D eigenvalue weighted by Gasteiger charge is 2.10. The summed E-state index contributed by atoms with van der Waals surface area (Å²) in [5, 5.41) is 6.18. The number of anilines is 1. The van der Waals surface area contributed by atoms with E-state index in [9.17, 15) is 9.59 Å². The normalized spacial score (nSPS) is 10.7. The molecule has 1 heterocycles. The van der Waals surface area contributed by atoms with Crippen molar-refractivity contribution in [3.8, 4) is 0 Å². The van der Waals surface area contributed by atoms with Gasteiger partial charge in [-0.15, -0.1) is 0 Å². The number of benzene rings is 2. The molecule has 0 saturated carbocycles. The van der Waals surface area contributed by atoms with E-state index in [1.54, 1.807) is 0 Å². The lowest BCUT2D eigenvalue weighted by molar-refractivity contribution is -0.120. The van der Waals surface area contributed by atoms with Crippen LogP contribution in [-0.4, -0.2) is 23.3 Å². The molecule has 2 aromatic carbocycles. The van der Waals surface area contributed by atoms with Crippen molar-refractivity contribution in [2.24, 2.45) is 0 Å². The molecule has 0 fully saturated rings. The lowest BCUT2D eigenvalue weighted by atomic mass is 10.1. The van der Waals surface area contributed by atoms with Crippen LogP contribution in [-0.2, 0) is 16.0 Å². The van der Waals surface area contributed by atoms with E-state index >= 15 is 0 Å². The number of rotatable bonds is 6. The molecule has 134 valence electrons. The number of carbonyl (C=O) groups excluding carboxylic acids is 2. The van der Waals surface area contributed by atoms with Gasteiger partial charge in [-0.2, -0.15) is 0 Å². The first-order chi connectivity index (χ1) is 12.5. The molecule has 3 aromatic rings. The van der Waals surface area contributed by atoms with E-state index < -0.39 is 0 Å². The smallest absolute Gasteiger partial charge is 0.227 e. The molecule has 6 heteroatoms. The van der Waals surface area contributed by atoms with E-state index in [1.807, 2.05) is 44.2 Å². The van der Waals surface area contributed by atoms with Crippen LogP contribution >= 0.6 is 11.3 Å². The maximum Gasteiger partial charge on any atom is 0.227 e. The molecule has 2 N–H and O–H groups in total. The molecular weight excluding hydrogens is 346 g/mol. The molecule has 0 aliphatic carbocycles. The van der Waals surface area contributed by atoms with Gasteiger partial charge in [-0.05, 0) is 36.6 Å². The van der Waals surface area contributed by atoms with Crippen molar-refractivity contribution in [2.45, 2.75) is 26.7 Å². The van der Waals surface area contributed by atoms with Gasteiger partial charge in [0, 0.05) is 13.0 Å². The predicted molar refractivity (Wildman–Crippen MR) is 105 cm³/mol. The monoisotopic (exact) mass is 367 g/mol.